The lowest BCUT2D eigenvalue weighted by atomic mass is 10.2. The molecule has 134 valence electrons. The number of thiazole rings is 1. The van der Waals surface area contributed by atoms with Crippen LogP contribution in [0.25, 0.3) is 0 Å². The summed E-state index contributed by atoms with van der Waals surface area (Å²) in [4.78, 5) is 30.5. The molecular formula is C17H22N4O3S. The number of nitro groups is 1. The molecule has 1 amide bonds. The zero-order chi connectivity index (χ0) is 18.4. The number of carbonyl (C=O) groups is 1. The molecule has 1 aromatic heterocycles. The first-order chi connectivity index (χ1) is 11.9. The van der Waals surface area contributed by atoms with Crippen molar-refractivity contribution in [2.24, 2.45) is 0 Å². The highest BCUT2D eigenvalue weighted by atomic mass is 32.1. The van der Waals surface area contributed by atoms with Crippen LogP contribution in [-0.4, -0.2) is 33.8 Å². The predicted octanol–water partition coefficient (Wildman–Crippen LogP) is 3.45. The Morgan fingerprint density at radius 1 is 1.28 bits per heavy atom. The molecule has 0 fully saturated rings. The molecule has 0 spiro atoms. The number of nitrogens with zero attached hydrogens (tertiary/aromatic N) is 4. The van der Waals surface area contributed by atoms with Gasteiger partial charge in [-0.05, 0) is 19.0 Å². The summed E-state index contributed by atoms with van der Waals surface area (Å²) < 4.78 is 0. The molecule has 0 radical (unpaired) electrons. The predicted molar refractivity (Wildman–Crippen MR) is 98.7 cm³/mol. The molecule has 0 saturated carbocycles. The Balaban J connectivity index is 2.07. The Kier molecular flexibility index (Phi) is 6.60. The summed E-state index contributed by atoms with van der Waals surface area (Å²) in [7, 11) is 0. The van der Waals surface area contributed by atoms with Crippen LogP contribution in [0.3, 0.4) is 0 Å². The summed E-state index contributed by atoms with van der Waals surface area (Å²) in [6.07, 6.45) is 0. The Labute approximate surface area is 151 Å². The van der Waals surface area contributed by atoms with Crippen molar-refractivity contribution in [2.75, 3.05) is 18.0 Å². The van der Waals surface area contributed by atoms with Crippen molar-refractivity contribution >= 4 is 28.1 Å². The van der Waals surface area contributed by atoms with Crippen LogP contribution < -0.4 is 4.90 Å². The fraction of sp³-hybridized carbons (Fsp3) is 0.412. The fourth-order valence-electron chi connectivity index (χ4n) is 2.52. The molecule has 8 heteroatoms. The van der Waals surface area contributed by atoms with Gasteiger partial charge in [0.2, 0.25) is 5.91 Å². The van der Waals surface area contributed by atoms with E-state index in [-0.39, 0.29) is 16.5 Å². The fourth-order valence-corrected chi connectivity index (χ4v) is 3.44. The van der Waals surface area contributed by atoms with Gasteiger partial charge in [-0.25, -0.2) is 4.98 Å². The zero-order valence-corrected chi connectivity index (χ0v) is 15.5. The average molecular weight is 362 g/mol. The molecular weight excluding hydrogens is 340 g/mol. The van der Waals surface area contributed by atoms with Gasteiger partial charge in [-0.3, -0.25) is 24.7 Å². The van der Waals surface area contributed by atoms with Crippen molar-refractivity contribution in [3.63, 3.8) is 0 Å². The highest BCUT2D eigenvalue weighted by Gasteiger charge is 2.15. The number of aromatic nitrogens is 1. The smallest absolute Gasteiger partial charge is 0.269 e. The highest BCUT2D eigenvalue weighted by Crippen LogP contribution is 2.22. The first kappa shape index (κ1) is 19.0. The van der Waals surface area contributed by atoms with Gasteiger partial charge < -0.3 is 0 Å². The minimum Gasteiger partial charge on any atom is -0.294 e. The standard InChI is InChI=1S/C17H22N4O3S/c1-4-19(10-14-7-6-8-16(9-14)21(23)24)11-15-12-25-17(18-15)20(5-2)13(3)22/h6-9,12H,4-5,10-11H2,1-3H3. The normalized spacial score (nSPS) is 10.9. The summed E-state index contributed by atoms with van der Waals surface area (Å²) in [6.45, 7) is 8.11. The summed E-state index contributed by atoms with van der Waals surface area (Å²) in [5, 5.41) is 13.6. The number of rotatable bonds is 8. The molecule has 0 aliphatic rings. The highest BCUT2D eigenvalue weighted by molar-refractivity contribution is 7.14. The SMILES string of the molecule is CCN(Cc1cccc([N+](=O)[O-])c1)Cc1csc(N(CC)C(C)=O)n1. The van der Waals surface area contributed by atoms with E-state index in [1.165, 1.54) is 24.3 Å². The summed E-state index contributed by atoms with van der Waals surface area (Å²) in [6, 6.07) is 6.68. The van der Waals surface area contributed by atoms with Gasteiger partial charge in [0.05, 0.1) is 10.6 Å². The maximum absolute atomic E-state index is 11.6. The third kappa shape index (κ3) is 5.07. The van der Waals surface area contributed by atoms with E-state index in [4.69, 9.17) is 0 Å². The van der Waals surface area contributed by atoms with E-state index in [9.17, 15) is 14.9 Å². The molecule has 25 heavy (non-hydrogen) atoms. The van der Waals surface area contributed by atoms with Crippen LogP contribution >= 0.6 is 11.3 Å². The molecule has 1 aromatic carbocycles. The lowest BCUT2D eigenvalue weighted by Gasteiger charge is -2.19. The largest absolute Gasteiger partial charge is 0.294 e. The molecule has 0 bridgehead atoms. The lowest BCUT2D eigenvalue weighted by Crippen LogP contribution is -2.28. The lowest BCUT2D eigenvalue weighted by molar-refractivity contribution is -0.384. The Morgan fingerprint density at radius 3 is 2.64 bits per heavy atom. The molecule has 0 aliphatic carbocycles. The summed E-state index contributed by atoms with van der Waals surface area (Å²) >= 11 is 1.45. The van der Waals surface area contributed by atoms with E-state index in [2.05, 4.69) is 9.88 Å². The van der Waals surface area contributed by atoms with E-state index in [1.54, 1.807) is 17.0 Å². The number of carbonyl (C=O) groups excluding carboxylic acids is 1. The van der Waals surface area contributed by atoms with Gasteiger partial charge in [-0.15, -0.1) is 11.3 Å². The summed E-state index contributed by atoms with van der Waals surface area (Å²) in [5.74, 6) is -0.0210. The van der Waals surface area contributed by atoms with Crippen LogP contribution in [0.1, 0.15) is 32.0 Å². The van der Waals surface area contributed by atoms with Gasteiger partial charge in [-0.2, -0.15) is 0 Å². The van der Waals surface area contributed by atoms with Crippen LogP contribution in [0.2, 0.25) is 0 Å². The first-order valence-electron chi connectivity index (χ1n) is 8.12. The molecule has 0 atom stereocenters. The second-order valence-electron chi connectivity index (χ2n) is 5.61. The van der Waals surface area contributed by atoms with Crippen LogP contribution in [-0.2, 0) is 17.9 Å². The van der Waals surface area contributed by atoms with Gasteiger partial charge in [0.15, 0.2) is 5.13 Å². The number of benzene rings is 1. The van der Waals surface area contributed by atoms with Crippen molar-refractivity contribution in [2.45, 2.75) is 33.9 Å². The third-order valence-corrected chi connectivity index (χ3v) is 4.74. The topological polar surface area (TPSA) is 79.6 Å². The number of hydrogen-bond donors (Lipinski definition) is 0. The third-order valence-electron chi connectivity index (χ3n) is 3.83. The molecule has 2 rings (SSSR count). The van der Waals surface area contributed by atoms with Gasteiger partial charge in [0.1, 0.15) is 0 Å². The monoisotopic (exact) mass is 362 g/mol. The number of non-ortho nitro benzene ring substituents is 1. The molecule has 2 aromatic rings. The maximum atomic E-state index is 11.6. The van der Waals surface area contributed by atoms with Crippen LogP contribution in [0.15, 0.2) is 29.6 Å². The number of nitro benzene ring substituents is 1. The molecule has 0 saturated heterocycles. The van der Waals surface area contributed by atoms with Gasteiger partial charge in [-0.1, -0.05) is 19.1 Å². The van der Waals surface area contributed by atoms with E-state index in [0.29, 0.717) is 24.8 Å². The van der Waals surface area contributed by atoms with E-state index < -0.39 is 0 Å². The van der Waals surface area contributed by atoms with Crippen LogP contribution in [0.5, 0.6) is 0 Å². The molecule has 7 nitrogen and oxygen atoms in total. The van der Waals surface area contributed by atoms with Gasteiger partial charge in [0.25, 0.3) is 5.69 Å². The second kappa shape index (κ2) is 8.68. The molecule has 0 N–H and O–H groups in total. The Morgan fingerprint density at radius 2 is 2.04 bits per heavy atom. The zero-order valence-electron chi connectivity index (χ0n) is 14.6. The van der Waals surface area contributed by atoms with E-state index in [0.717, 1.165) is 17.8 Å². The van der Waals surface area contributed by atoms with Crippen LogP contribution in [0, 0.1) is 10.1 Å². The molecule has 1 heterocycles. The first-order valence-corrected chi connectivity index (χ1v) is 9.00. The maximum Gasteiger partial charge on any atom is 0.269 e. The average Bonchev–Trinajstić information content (AvgIpc) is 3.02. The van der Waals surface area contributed by atoms with Crippen molar-refractivity contribution in [1.29, 1.82) is 0 Å². The van der Waals surface area contributed by atoms with E-state index in [1.807, 2.05) is 25.3 Å². The number of anilines is 1. The van der Waals surface area contributed by atoms with Crippen molar-refractivity contribution in [1.82, 2.24) is 9.88 Å². The van der Waals surface area contributed by atoms with Crippen molar-refractivity contribution in [3.8, 4) is 0 Å². The van der Waals surface area contributed by atoms with Gasteiger partial charge in [0, 0.05) is 44.1 Å². The molecule has 0 unspecified atom stereocenters. The van der Waals surface area contributed by atoms with E-state index >= 15 is 0 Å². The van der Waals surface area contributed by atoms with Gasteiger partial charge >= 0.3 is 0 Å². The second-order valence-corrected chi connectivity index (χ2v) is 6.45. The Hall–Kier alpha value is -2.32. The van der Waals surface area contributed by atoms with Crippen LogP contribution in [0.4, 0.5) is 10.8 Å². The molecule has 0 aliphatic heterocycles. The number of amides is 1. The quantitative estimate of drug-likeness (QED) is 0.531. The van der Waals surface area contributed by atoms with Crippen molar-refractivity contribution < 1.29 is 9.72 Å². The van der Waals surface area contributed by atoms with Crippen molar-refractivity contribution in [3.05, 3.63) is 51.0 Å². The minimum atomic E-state index is -0.381. The minimum absolute atomic E-state index is 0.0210. The number of hydrogen-bond acceptors (Lipinski definition) is 6. The summed E-state index contributed by atoms with van der Waals surface area (Å²) in [5.41, 5.74) is 1.89. The Bertz CT molecular complexity index is 747.